The van der Waals surface area contributed by atoms with Crippen molar-refractivity contribution < 1.29 is 4.79 Å². The van der Waals surface area contributed by atoms with Crippen LogP contribution in [0.1, 0.15) is 45.5 Å². The van der Waals surface area contributed by atoms with Crippen molar-refractivity contribution in [3.63, 3.8) is 0 Å². The quantitative estimate of drug-likeness (QED) is 0.418. The zero-order chi connectivity index (χ0) is 21.8. The average molecular weight is 441 g/mol. The Hall–Kier alpha value is -3.65. The van der Waals surface area contributed by atoms with E-state index in [4.69, 9.17) is 4.98 Å². The van der Waals surface area contributed by atoms with Crippen molar-refractivity contribution in [1.82, 2.24) is 24.3 Å². The maximum absolute atomic E-state index is 13.0. The van der Waals surface area contributed by atoms with E-state index in [2.05, 4.69) is 20.3 Å². The van der Waals surface area contributed by atoms with Gasteiger partial charge in [0.15, 0.2) is 0 Å². The topological polar surface area (TPSA) is 85.1 Å². The molecule has 7 nitrogen and oxygen atoms in total. The van der Waals surface area contributed by atoms with Crippen LogP contribution in [0.2, 0.25) is 0 Å². The highest BCUT2D eigenvalue weighted by Crippen LogP contribution is 2.40. The molecule has 4 aromatic heterocycles. The number of carbonyl (C=O) groups excluding carboxylic acids is 1. The van der Waals surface area contributed by atoms with Crippen LogP contribution < -0.4 is 5.32 Å². The first-order valence-corrected chi connectivity index (χ1v) is 11.4. The van der Waals surface area contributed by atoms with Crippen molar-refractivity contribution in [1.29, 1.82) is 0 Å². The van der Waals surface area contributed by atoms with Crippen LogP contribution in [0.5, 0.6) is 0 Å². The number of aromatic nitrogens is 5. The van der Waals surface area contributed by atoms with Gasteiger partial charge < -0.3 is 5.32 Å². The Kier molecular flexibility index (Phi) is 4.29. The summed E-state index contributed by atoms with van der Waals surface area (Å²) in [4.78, 5) is 32.9. The van der Waals surface area contributed by atoms with Gasteiger partial charge in [0.1, 0.15) is 10.7 Å². The normalized spacial score (nSPS) is 13.7. The molecular weight excluding hydrogens is 420 g/mol. The highest BCUT2D eigenvalue weighted by atomic mass is 32.1. The van der Waals surface area contributed by atoms with E-state index in [-0.39, 0.29) is 5.91 Å². The van der Waals surface area contributed by atoms with Crippen molar-refractivity contribution in [2.24, 2.45) is 0 Å². The van der Waals surface area contributed by atoms with Crippen LogP contribution in [0, 0.1) is 13.8 Å². The summed E-state index contributed by atoms with van der Waals surface area (Å²) in [7, 11) is 0. The molecule has 1 N–H and O–H groups in total. The lowest BCUT2D eigenvalue weighted by Gasteiger charge is -2.05. The first kappa shape index (κ1) is 19.1. The van der Waals surface area contributed by atoms with E-state index in [9.17, 15) is 4.79 Å². The van der Waals surface area contributed by atoms with Crippen LogP contribution in [0.15, 0.2) is 48.9 Å². The number of carbonyl (C=O) groups is 1. The Morgan fingerprint density at radius 2 is 1.94 bits per heavy atom. The van der Waals surface area contributed by atoms with E-state index in [1.54, 1.807) is 6.20 Å². The number of amides is 1. The van der Waals surface area contributed by atoms with Gasteiger partial charge in [-0.3, -0.25) is 9.20 Å². The summed E-state index contributed by atoms with van der Waals surface area (Å²) < 4.78 is 1.88. The Bertz CT molecular complexity index is 1460. The number of thiophene rings is 1. The van der Waals surface area contributed by atoms with Crippen molar-refractivity contribution in [2.75, 3.05) is 5.32 Å². The van der Waals surface area contributed by atoms with Gasteiger partial charge in [-0.15, -0.1) is 11.3 Å². The number of hydrogen-bond acceptors (Lipinski definition) is 6. The number of hydrogen-bond donors (Lipinski definition) is 1. The third-order valence-corrected chi connectivity index (χ3v) is 7.00. The second-order valence-corrected chi connectivity index (χ2v) is 9.16. The molecule has 5 aromatic rings. The molecule has 0 spiro atoms. The summed E-state index contributed by atoms with van der Waals surface area (Å²) in [5.74, 6) is 1.94. The van der Waals surface area contributed by atoms with Crippen molar-refractivity contribution in [3.05, 3.63) is 70.9 Å². The predicted molar refractivity (Wildman–Crippen MR) is 125 cm³/mol. The first-order valence-electron chi connectivity index (χ1n) is 10.6. The Morgan fingerprint density at radius 3 is 2.69 bits per heavy atom. The van der Waals surface area contributed by atoms with Gasteiger partial charge in [-0.1, -0.05) is 12.1 Å². The third-order valence-electron chi connectivity index (χ3n) is 5.81. The van der Waals surface area contributed by atoms with Gasteiger partial charge in [-0.05, 0) is 50.5 Å². The van der Waals surface area contributed by atoms with Gasteiger partial charge in [0.05, 0.1) is 16.3 Å². The van der Waals surface area contributed by atoms with Gasteiger partial charge in [0, 0.05) is 41.1 Å². The van der Waals surface area contributed by atoms with Crippen LogP contribution in [0.3, 0.4) is 0 Å². The van der Waals surface area contributed by atoms with E-state index in [1.165, 1.54) is 11.3 Å². The summed E-state index contributed by atoms with van der Waals surface area (Å²) in [6.45, 7) is 3.98. The summed E-state index contributed by atoms with van der Waals surface area (Å²) in [6, 6.07) is 9.56. The summed E-state index contributed by atoms with van der Waals surface area (Å²) in [6.07, 6.45) is 7.89. The maximum atomic E-state index is 13.0. The number of fused-ring (bicyclic) bond motifs is 2. The number of aryl methyl sites for hydroxylation is 2. The molecule has 1 saturated carbocycles. The van der Waals surface area contributed by atoms with E-state index < -0.39 is 0 Å². The fourth-order valence-corrected chi connectivity index (χ4v) is 5.12. The highest BCUT2D eigenvalue weighted by Gasteiger charge is 2.28. The minimum atomic E-state index is -0.123. The molecule has 0 atom stereocenters. The molecule has 0 radical (unpaired) electrons. The maximum Gasteiger partial charge on any atom is 0.266 e. The van der Waals surface area contributed by atoms with Gasteiger partial charge in [0.2, 0.25) is 5.78 Å². The SMILES string of the molecule is Cc1nc(C2CC2)nc2sc(C(=O)Nc3ccc(-c4cn5cccnc5n4)cc3)c(C)c12. The van der Waals surface area contributed by atoms with E-state index in [0.717, 1.165) is 57.1 Å². The number of imidazole rings is 1. The molecule has 0 saturated heterocycles. The summed E-state index contributed by atoms with van der Waals surface area (Å²) >= 11 is 1.44. The second-order valence-electron chi connectivity index (χ2n) is 8.16. The Morgan fingerprint density at radius 1 is 1.12 bits per heavy atom. The number of nitrogens with one attached hydrogen (secondary N) is 1. The fourth-order valence-electron chi connectivity index (χ4n) is 3.98. The van der Waals surface area contributed by atoms with Crippen LogP contribution in [0.4, 0.5) is 5.69 Å². The van der Waals surface area contributed by atoms with E-state index >= 15 is 0 Å². The van der Waals surface area contributed by atoms with Crippen LogP contribution in [-0.4, -0.2) is 30.2 Å². The lowest BCUT2D eigenvalue weighted by atomic mass is 10.1. The lowest BCUT2D eigenvalue weighted by Crippen LogP contribution is -2.11. The molecule has 1 aliphatic rings. The number of nitrogens with zero attached hydrogens (tertiary/aromatic N) is 5. The lowest BCUT2D eigenvalue weighted by molar-refractivity contribution is 0.103. The highest BCUT2D eigenvalue weighted by molar-refractivity contribution is 7.20. The smallest absolute Gasteiger partial charge is 0.266 e. The Balaban J connectivity index is 1.26. The van der Waals surface area contributed by atoms with Crippen LogP contribution in [-0.2, 0) is 0 Å². The van der Waals surface area contributed by atoms with Gasteiger partial charge >= 0.3 is 0 Å². The molecule has 0 bridgehead atoms. The number of anilines is 1. The van der Waals surface area contributed by atoms with Crippen LogP contribution >= 0.6 is 11.3 Å². The zero-order valence-corrected chi connectivity index (χ0v) is 18.5. The van der Waals surface area contributed by atoms with Gasteiger partial charge in [-0.2, -0.15) is 0 Å². The molecule has 1 amide bonds. The molecule has 8 heteroatoms. The van der Waals surface area contributed by atoms with Crippen molar-refractivity contribution >= 4 is 38.9 Å². The molecule has 4 heterocycles. The van der Waals surface area contributed by atoms with E-state index in [0.29, 0.717) is 16.6 Å². The molecule has 1 fully saturated rings. The number of benzene rings is 1. The summed E-state index contributed by atoms with van der Waals surface area (Å²) in [5, 5.41) is 4.02. The largest absolute Gasteiger partial charge is 0.321 e. The zero-order valence-electron chi connectivity index (χ0n) is 17.7. The molecule has 158 valence electrons. The predicted octanol–water partition coefficient (Wildman–Crippen LogP) is 5.15. The molecule has 0 unspecified atom stereocenters. The minimum Gasteiger partial charge on any atom is -0.321 e. The first-order chi connectivity index (χ1) is 15.6. The molecule has 1 aromatic carbocycles. The molecule has 1 aliphatic carbocycles. The monoisotopic (exact) mass is 440 g/mol. The van der Waals surface area contributed by atoms with E-state index in [1.807, 2.05) is 61.0 Å². The van der Waals surface area contributed by atoms with Crippen molar-refractivity contribution in [2.45, 2.75) is 32.6 Å². The minimum absolute atomic E-state index is 0.123. The Labute approximate surface area is 188 Å². The summed E-state index contributed by atoms with van der Waals surface area (Å²) in [5.41, 5.74) is 4.43. The third kappa shape index (κ3) is 3.23. The number of rotatable bonds is 4. The average Bonchev–Trinajstić information content (AvgIpc) is 3.46. The molecule has 32 heavy (non-hydrogen) atoms. The molecule has 0 aliphatic heterocycles. The van der Waals surface area contributed by atoms with Crippen LogP contribution in [0.25, 0.3) is 27.3 Å². The molecule has 6 rings (SSSR count). The standard InChI is InChI=1S/C24H20N6OS/c1-13-19-14(2)26-21(16-4-5-16)29-23(19)32-20(13)22(31)27-17-8-6-15(7-9-17)18-12-30-11-3-10-25-24(30)28-18/h3,6-12,16H,4-5H2,1-2H3,(H,27,31). The molecular formula is C24H20N6OS. The second kappa shape index (κ2) is 7.20. The van der Waals surface area contributed by atoms with Gasteiger partial charge in [-0.25, -0.2) is 19.9 Å². The fraction of sp³-hybridized carbons (Fsp3) is 0.208. The van der Waals surface area contributed by atoms with Crippen molar-refractivity contribution in [3.8, 4) is 11.3 Å². The van der Waals surface area contributed by atoms with Gasteiger partial charge in [0.25, 0.3) is 5.91 Å².